The topological polar surface area (TPSA) is 35.6 Å². The maximum Gasteiger partial charge on any atom is 0.176 e. The zero-order chi connectivity index (χ0) is 17.6. The van der Waals surface area contributed by atoms with Gasteiger partial charge < -0.3 is 9.13 Å². The van der Waals surface area contributed by atoms with Crippen LogP contribution < -0.4 is 0 Å². The van der Waals surface area contributed by atoms with Gasteiger partial charge in [0.15, 0.2) is 11.6 Å². The molecule has 0 unspecified atom stereocenters. The third-order valence-electron chi connectivity index (χ3n) is 6.56. The molecule has 142 valence electrons. The van der Waals surface area contributed by atoms with Crippen molar-refractivity contribution >= 4 is 0 Å². The quantitative estimate of drug-likeness (QED) is 0.625. The van der Waals surface area contributed by atoms with Crippen LogP contribution in [0.2, 0.25) is 0 Å². The van der Waals surface area contributed by atoms with E-state index in [1.165, 1.54) is 77.0 Å². The SMILES string of the molecule is c1cn(CCC2CCCCC2)c(-c2nccn2CC2CCCCCC2)n1. The minimum Gasteiger partial charge on any atom is -0.328 e. The van der Waals surface area contributed by atoms with Crippen molar-refractivity contribution in [1.29, 1.82) is 0 Å². The fourth-order valence-electron chi connectivity index (χ4n) is 4.98. The largest absolute Gasteiger partial charge is 0.328 e. The van der Waals surface area contributed by atoms with Gasteiger partial charge in [-0.05, 0) is 31.1 Å². The summed E-state index contributed by atoms with van der Waals surface area (Å²) in [6.07, 6.45) is 24.9. The predicted octanol–water partition coefficient (Wildman–Crippen LogP) is 5.69. The summed E-state index contributed by atoms with van der Waals surface area (Å²) in [6.45, 7) is 2.18. The highest BCUT2D eigenvalue weighted by atomic mass is 15.2. The van der Waals surface area contributed by atoms with Crippen LogP contribution in [-0.2, 0) is 13.1 Å². The van der Waals surface area contributed by atoms with Gasteiger partial charge in [0.05, 0.1) is 0 Å². The van der Waals surface area contributed by atoms with Gasteiger partial charge >= 0.3 is 0 Å². The van der Waals surface area contributed by atoms with E-state index in [-0.39, 0.29) is 0 Å². The third kappa shape index (κ3) is 4.39. The van der Waals surface area contributed by atoms with Crippen molar-refractivity contribution in [3.8, 4) is 11.6 Å². The Morgan fingerprint density at radius 3 is 1.92 bits per heavy atom. The molecule has 2 heterocycles. The molecule has 2 aromatic heterocycles. The second kappa shape index (κ2) is 8.88. The number of aryl methyl sites for hydroxylation is 1. The second-order valence-electron chi connectivity index (χ2n) is 8.50. The number of aromatic nitrogens is 4. The molecule has 2 aromatic rings. The van der Waals surface area contributed by atoms with Crippen molar-refractivity contribution in [3.63, 3.8) is 0 Å². The van der Waals surface area contributed by atoms with Gasteiger partial charge in [-0.2, -0.15) is 0 Å². The second-order valence-corrected chi connectivity index (χ2v) is 8.50. The summed E-state index contributed by atoms with van der Waals surface area (Å²) >= 11 is 0. The number of hydrogen-bond donors (Lipinski definition) is 0. The molecule has 0 N–H and O–H groups in total. The summed E-state index contributed by atoms with van der Waals surface area (Å²) in [5, 5.41) is 0. The van der Waals surface area contributed by atoms with Crippen molar-refractivity contribution in [2.24, 2.45) is 11.8 Å². The predicted molar refractivity (Wildman–Crippen MR) is 106 cm³/mol. The smallest absolute Gasteiger partial charge is 0.176 e. The van der Waals surface area contributed by atoms with Crippen LogP contribution in [0.25, 0.3) is 11.6 Å². The highest BCUT2D eigenvalue weighted by Crippen LogP contribution is 2.28. The van der Waals surface area contributed by atoms with Gasteiger partial charge in [0, 0.05) is 37.9 Å². The van der Waals surface area contributed by atoms with Crippen LogP contribution in [0.15, 0.2) is 24.8 Å². The van der Waals surface area contributed by atoms with E-state index >= 15 is 0 Å². The Morgan fingerprint density at radius 1 is 0.692 bits per heavy atom. The Morgan fingerprint density at radius 2 is 1.23 bits per heavy atom. The first-order valence-corrected chi connectivity index (χ1v) is 10.9. The van der Waals surface area contributed by atoms with E-state index in [9.17, 15) is 0 Å². The van der Waals surface area contributed by atoms with E-state index < -0.39 is 0 Å². The van der Waals surface area contributed by atoms with Gasteiger partial charge in [0.1, 0.15) is 0 Å². The van der Waals surface area contributed by atoms with Gasteiger partial charge in [0.2, 0.25) is 0 Å². The van der Waals surface area contributed by atoms with Crippen molar-refractivity contribution in [2.75, 3.05) is 0 Å². The van der Waals surface area contributed by atoms with E-state index in [1.54, 1.807) is 0 Å². The summed E-state index contributed by atoms with van der Waals surface area (Å²) in [6, 6.07) is 0. The normalized spacial score (nSPS) is 20.3. The number of imidazole rings is 2. The molecule has 0 radical (unpaired) electrons. The molecule has 2 aliphatic rings. The molecule has 0 amide bonds. The number of rotatable bonds is 6. The zero-order valence-electron chi connectivity index (χ0n) is 16.2. The summed E-state index contributed by atoms with van der Waals surface area (Å²) in [7, 11) is 0. The van der Waals surface area contributed by atoms with Crippen LogP contribution in [-0.4, -0.2) is 19.1 Å². The molecule has 0 bridgehead atoms. The van der Waals surface area contributed by atoms with Crippen LogP contribution in [0.1, 0.15) is 77.0 Å². The molecule has 26 heavy (non-hydrogen) atoms. The van der Waals surface area contributed by atoms with Crippen LogP contribution in [0.3, 0.4) is 0 Å². The lowest BCUT2D eigenvalue weighted by molar-refractivity contribution is 0.324. The van der Waals surface area contributed by atoms with Gasteiger partial charge in [-0.1, -0.05) is 57.8 Å². The van der Waals surface area contributed by atoms with Crippen molar-refractivity contribution in [2.45, 2.75) is 90.1 Å². The molecule has 0 saturated heterocycles. The lowest BCUT2D eigenvalue weighted by Crippen LogP contribution is -2.14. The zero-order valence-corrected chi connectivity index (χ0v) is 16.2. The van der Waals surface area contributed by atoms with E-state index in [4.69, 9.17) is 0 Å². The molecule has 0 atom stereocenters. The average Bonchev–Trinajstić information content (AvgIpc) is 3.24. The Balaban J connectivity index is 1.43. The molecular weight excluding hydrogens is 320 g/mol. The third-order valence-corrected chi connectivity index (χ3v) is 6.56. The number of nitrogens with zero attached hydrogens (tertiary/aromatic N) is 4. The summed E-state index contributed by atoms with van der Waals surface area (Å²) < 4.78 is 4.69. The first-order valence-electron chi connectivity index (χ1n) is 10.9. The van der Waals surface area contributed by atoms with Gasteiger partial charge in [-0.15, -0.1) is 0 Å². The molecule has 0 spiro atoms. The molecular formula is C22H34N4. The molecule has 4 nitrogen and oxygen atoms in total. The summed E-state index contributed by atoms with van der Waals surface area (Å²) in [4.78, 5) is 9.36. The van der Waals surface area contributed by atoms with E-state index in [0.717, 1.165) is 36.6 Å². The van der Waals surface area contributed by atoms with Gasteiger partial charge in [-0.25, -0.2) is 9.97 Å². The maximum atomic E-state index is 4.68. The highest BCUT2D eigenvalue weighted by molar-refractivity contribution is 5.44. The van der Waals surface area contributed by atoms with Gasteiger partial charge in [-0.3, -0.25) is 0 Å². The summed E-state index contributed by atoms with van der Waals surface area (Å²) in [5.74, 6) is 3.82. The number of hydrogen-bond acceptors (Lipinski definition) is 2. The Labute approximate surface area is 158 Å². The Hall–Kier alpha value is -1.58. The van der Waals surface area contributed by atoms with Crippen LogP contribution in [0, 0.1) is 11.8 Å². The minimum absolute atomic E-state index is 0.802. The van der Waals surface area contributed by atoms with Crippen LogP contribution in [0.5, 0.6) is 0 Å². The Bertz CT molecular complexity index is 657. The molecule has 2 aliphatic carbocycles. The fourth-order valence-corrected chi connectivity index (χ4v) is 4.98. The van der Waals surface area contributed by atoms with E-state index in [1.807, 2.05) is 12.4 Å². The van der Waals surface area contributed by atoms with Crippen LogP contribution in [0.4, 0.5) is 0 Å². The van der Waals surface area contributed by atoms with Crippen LogP contribution >= 0.6 is 0 Å². The highest BCUT2D eigenvalue weighted by Gasteiger charge is 2.18. The lowest BCUT2D eigenvalue weighted by atomic mass is 9.87. The van der Waals surface area contributed by atoms with Crippen molar-refractivity contribution in [3.05, 3.63) is 24.8 Å². The van der Waals surface area contributed by atoms with Gasteiger partial charge in [0.25, 0.3) is 0 Å². The molecule has 4 rings (SSSR count). The molecule has 4 heteroatoms. The first kappa shape index (κ1) is 17.8. The van der Waals surface area contributed by atoms with Crippen molar-refractivity contribution in [1.82, 2.24) is 19.1 Å². The minimum atomic E-state index is 0.802. The summed E-state index contributed by atoms with van der Waals surface area (Å²) in [5.41, 5.74) is 0. The van der Waals surface area contributed by atoms with E-state index in [0.29, 0.717) is 0 Å². The Kier molecular flexibility index (Phi) is 6.08. The molecule has 2 fully saturated rings. The molecule has 0 aromatic carbocycles. The first-order chi connectivity index (χ1) is 12.9. The van der Waals surface area contributed by atoms with Crippen molar-refractivity contribution < 1.29 is 0 Å². The maximum absolute atomic E-state index is 4.68. The average molecular weight is 355 g/mol. The van der Waals surface area contributed by atoms with E-state index in [2.05, 4.69) is 31.5 Å². The molecule has 2 saturated carbocycles. The lowest BCUT2D eigenvalue weighted by Gasteiger charge is -2.22. The monoisotopic (exact) mass is 354 g/mol. The fraction of sp³-hybridized carbons (Fsp3) is 0.727. The standard InChI is InChI=1S/C22H34N4/c1-2-5-11-20(10-4-1)18-26-17-14-24-22(26)21-23-13-16-25(21)15-12-19-8-6-3-7-9-19/h13-14,16-17,19-20H,1-12,15,18H2. The molecule has 0 aliphatic heterocycles.